The highest BCUT2D eigenvalue weighted by Gasteiger charge is 2.10. The number of carbonyl (C=O) groups excluding carboxylic acids is 1. The number of aryl methyl sites for hydroxylation is 1. The monoisotopic (exact) mass is 364 g/mol. The molecule has 0 saturated carbocycles. The first-order valence-corrected chi connectivity index (χ1v) is 8.21. The van der Waals surface area contributed by atoms with E-state index in [-0.39, 0.29) is 11.6 Å². The van der Waals surface area contributed by atoms with Crippen molar-refractivity contribution in [3.05, 3.63) is 66.0 Å². The number of nitrogens with two attached hydrogens (primary N) is 1. The number of ether oxygens (including phenoxy) is 1. The molecule has 3 rings (SSSR count). The zero-order chi connectivity index (χ0) is 19.2. The van der Waals surface area contributed by atoms with Gasteiger partial charge in [0.15, 0.2) is 11.6 Å². The topological polar surface area (TPSA) is 114 Å². The van der Waals surface area contributed by atoms with Crippen LogP contribution in [0.3, 0.4) is 0 Å². The van der Waals surface area contributed by atoms with Crippen molar-refractivity contribution in [2.24, 2.45) is 0 Å². The van der Waals surface area contributed by atoms with Gasteiger partial charge in [0.2, 0.25) is 0 Å². The van der Waals surface area contributed by atoms with E-state index in [2.05, 4.69) is 26.1 Å². The van der Waals surface area contributed by atoms with Crippen LogP contribution in [-0.4, -0.2) is 23.0 Å². The molecular formula is C19H20N6O2. The van der Waals surface area contributed by atoms with Gasteiger partial charge in [-0.05, 0) is 43.3 Å². The maximum Gasteiger partial charge on any atom is 0.269 e. The van der Waals surface area contributed by atoms with Gasteiger partial charge in [-0.15, -0.1) is 0 Å². The van der Waals surface area contributed by atoms with Gasteiger partial charge in [-0.1, -0.05) is 17.7 Å². The number of hydrogen-bond acceptors (Lipinski definition) is 7. The van der Waals surface area contributed by atoms with Crippen LogP contribution in [0.1, 0.15) is 15.9 Å². The molecule has 0 saturated heterocycles. The van der Waals surface area contributed by atoms with Gasteiger partial charge in [0.1, 0.15) is 17.8 Å². The first-order chi connectivity index (χ1) is 13.1. The Morgan fingerprint density at radius 3 is 2.33 bits per heavy atom. The average molecular weight is 364 g/mol. The maximum atomic E-state index is 12.2. The van der Waals surface area contributed by atoms with E-state index in [0.717, 1.165) is 17.0 Å². The molecule has 8 heteroatoms. The van der Waals surface area contributed by atoms with E-state index in [1.54, 1.807) is 19.2 Å². The largest absolute Gasteiger partial charge is 0.497 e. The lowest BCUT2D eigenvalue weighted by atomic mass is 10.1. The highest BCUT2D eigenvalue weighted by Crippen LogP contribution is 2.26. The lowest BCUT2D eigenvalue weighted by Gasteiger charge is -2.13. The summed E-state index contributed by atoms with van der Waals surface area (Å²) in [5, 5.41) is 3.11. The molecule has 2 aromatic carbocycles. The number of nitrogen functional groups attached to an aromatic ring is 1. The van der Waals surface area contributed by atoms with Gasteiger partial charge < -0.3 is 15.8 Å². The molecule has 0 aliphatic heterocycles. The second-order valence-corrected chi connectivity index (χ2v) is 5.78. The Bertz CT molecular complexity index is 926. The number of rotatable bonds is 6. The maximum absolute atomic E-state index is 12.2. The molecule has 3 aromatic rings. The fourth-order valence-corrected chi connectivity index (χ4v) is 2.30. The molecule has 0 aliphatic rings. The molecule has 1 aromatic heterocycles. The van der Waals surface area contributed by atoms with Crippen molar-refractivity contribution >= 4 is 28.9 Å². The standard InChI is InChI=1S/C19H20N6O2/c1-12-3-5-13(6-4-12)19(26)25-24-18-16(20)17(21-11-22-18)23-14-7-9-15(27-2)10-8-14/h3-11H,20H2,1-2H3,(H,25,26)(H2,21,22,23,24). The molecule has 0 spiro atoms. The zero-order valence-electron chi connectivity index (χ0n) is 15.0. The van der Waals surface area contributed by atoms with E-state index >= 15 is 0 Å². The zero-order valence-corrected chi connectivity index (χ0v) is 15.0. The molecule has 5 N–H and O–H groups in total. The van der Waals surface area contributed by atoms with Crippen LogP contribution in [0, 0.1) is 6.92 Å². The lowest BCUT2D eigenvalue weighted by molar-refractivity contribution is 0.0962. The molecule has 0 aliphatic carbocycles. The third-order valence-corrected chi connectivity index (χ3v) is 3.84. The summed E-state index contributed by atoms with van der Waals surface area (Å²) in [6.07, 6.45) is 1.35. The van der Waals surface area contributed by atoms with Gasteiger partial charge in [0, 0.05) is 11.3 Å². The second-order valence-electron chi connectivity index (χ2n) is 5.78. The van der Waals surface area contributed by atoms with Crippen LogP contribution in [0.4, 0.5) is 23.0 Å². The van der Waals surface area contributed by atoms with Gasteiger partial charge in [-0.3, -0.25) is 15.6 Å². The van der Waals surface area contributed by atoms with Crippen molar-refractivity contribution < 1.29 is 9.53 Å². The third-order valence-electron chi connectivity index (χ3n) is 3.84. The first-order valence-electron chi connectivity index (χ1n) is 8.21. The SMILES string of the molecule is COc1ccc(Nc2ncnc(NNC(=O)c3ccc(C)cc3)c2N)cc1. The number of hydrogen-bond donors (Lipinski definition) is 4. The summed E-state index contributed by atoms with van der Waals surface area (Å²) in [4.78, 5) is 20.4. The van der Waals surface area contributed by atoms with Crippen LogP contribution < -0.4 is 26.6 Å². The average Bonchev–Trinajstić information content (AvgIpc) is 2.69. The molecule has 0 unspecified atom stereocenters. The van der Waals surface area contributed by atoms with Gasteiger partial charge in [0.25, 0.3) is 5.91 Å². The number of anilines is 4. The van der Waals surface area contributed by atoms with E-state index in [9.17, 15) is 4.79 Å². The first kappa shape index (κ1) is 18.0. The fraction of sp³-hybridized carbons (Fsp3) is 0.105. The molecule has 0 fully saturated rings. The summed E-state index contributed by atoms with van der Waals surface area (Å²) >= 11 is 0. The van der Waals surface area contributed by atoms with E-state index in [1.165, 1.54) is 6.33 Å². The van der Waals surface area contributed by atoms with Crippen molar-refractivity contribution in [1.29, 1.82) is 0 Å². The minimum atomic E-state index is -0.294. The van der Waals surface area contributed by atoms with Gasteiger partial charge in [0.05, 0.1) is 7.11 Å². The summed E-state index contributed by atoms with van der Waals surface area (Å²) in [7, 11) is 1.60. The minimum Gasteiger partial charge on any atom is -0.497 e. The number of hydrazine groups is 1. The summed E-state index contributed by atoms with van der Waals surface area (Å²) in [5.74, 6) is 1.17. The predicted molar refractivity (Wildman–Crippen MR) is 105 cm³/mol. The van der Waals surface area contributed by atoms with Crippen LogP contribution in [0.25, 0.3) is 0 Å². The van der Waals surface area contributed by atoms with Crippen LogP contribution >= 0.6 is 0 Å². The van der Waals surface area contributed by atoms with Crippen LogP contribution in [0.2, 0.25) is 0 Å². The molecular weight excluding hydrogens is 344 g/mol. The summed E-state index contributed by atoms with van der Waals surface area (Å²) in [6, 6.07) is 14.5. The molecule has 138 valence electrons. The summed E-state index contributed by atoms with van der Waals surface area (Å²) < 4.78 is 5.13. The minimum absolute atomic E-state index is 0.275. The molecule has 0 radical (unpaired) electrons. The van der Waals surface area contributed by atoms with Crippen molar-refractivity contribution in [3.63, 3.8) is 0 Å². The molecule has 8 nitrogen and oxygen atoms in total. The number of methoxy groups -OCH3 is 1. The number of benzene rings is 2. The molecule has 1 heterocycles. The van der Waals surface area contributed by atoms with E-state index < -0.39 is 0 Å². The Labute approximate surface area is 156 Å². The molecule has 0 bridgehead atoms. The van der Waals surface area contributed by atoms with Crippen molar-refractivity contribution in [3.8, 4) is 5.75 Å². The number of nitrogens with one attached hydrogen (secondary N) is 3. The predicted octanol–water partition coefficient (Wildman–Crippen LogP) is 2.88. The van der Waals surface area contributed by atoms with E-state index in [0.29, 0.717) is 17.2 Å². The highest BCUT2D eigenvalue weighted by atomic mass is 16.5. The highest BCUT2D eigenvalue weighted by molar-refractivity contribution is 5.95. The van der Waals surface area contributed by atoms with Gasteiger partial charge in [-0.2, -0.15) is 0 Å². The molecule has 1 amide bonds. The number of nitrogens with zero attached hydrogens (tertiary/aromatic N) is 2. The lowest BCUT2D eigenvalue weighted by Crippen LogP contribution is -2.30. The number of carbonyl (C=O) groups is 1. The summed E-state index contributed by atoms with van der Waals surface area (Å²) in [6.45, 7) is 1.96. The van der Waals surface area contributed by atoms with Crippen molar-refractivity contribution in [1.82, 2.24) is 15.4 Å². The number of aromatic nitrogens is 2. The fourth-order valence-electron chi connectivity index (χ4n) is 2.30. The number of amides is 1. The molecule has 27 heavy (non-hydrogen) atoms. The Kier molecular flexibility index (Phi) is 5.36. The van der Waals surface area contributed by atoms with Crippen molar-refractivity contribution in [2.45, 2.75) is 6.92 Å². The molecule has 0 atom stereocenters. The quantitative estimate of drug-likeness (QED) is 0.497. The third kappa shape index (κ3) is 4.43. The smallest absolute Gasteiger partial charge is 0.269 e. The van der Waals surface area contributed by atoms with Crippen molar-refractivity contribution in [2.75, 3.05) is 23.6 Å². The van der Waals surface area contributed by atoms with Gasteiger partial charge in [-0.25, -0.2) is 9.97 Å². The Balaban J connectivity index is 1.68. The van der Waals surface area contributed by atoms with Crippen LogP contribution in [0.5, 0.6) is 5.75 Å². The Morgan fingerprint density at radius 1 is 1.00 bits per heavy atom. The van der Waals surface area contributed by atoms with E-state index in [1.807, 2.05) is 43.3 Å². The normalized spacial score (nSPS) is 10.1. The second kappa shape index (κ2) is 8.05. The van der Waals surface area contributed by atoms with Crippen LogP contribution in [0.15, 0.2) is 54.9 Å². The Morgan fingerprint density at radius 2 is 1.67 bits per heavy atom. The van der Waals surface area contributed by atoms with Crippen LogP contribution in [-0.2, 0) is 0 Å². The Hall–Kier alpha value is -3.81. The summed E-state index contributed by atoms with van der Waals surface area (Å²) in [5.41, 5.74) is 14.1. The van der Waals surface area contributed by atoms with E-state index in [4.69, 9.17) is 10.5 Å². The van der Waals surface area contributed by atoms with Gasteiger partial charge >= 0.3 is 0 Å².